The first-order valence-corrected chi connectivity index (χ1v) is 32.6. The summed E-state index contributed by atoms with van der Waals surface area (Å²) in [5, 5.41) is 0. The summed E-state index contributed by atoms with van der Waals surface area (Å²) in [6.45, 7) is 6.34. The Morgan fingerprint density at radius 2 is 0.481 bits per heavy atom. The van der Waals surface area contributed by atoms with Crippen LogP contribution < -0.4 is 0 Å². The molecule has 0 aliphatic rings. The zero-order valence-electron chi connectivity index (χ0n) is 52.0. The van der Waals surface area contributed by atoms with Crippen LogP contribution in [0.25, 0.3) is 0 Å². The number of carbonyl (C=O) groups is 3. The van der Waals surface area contributed by atoms with Gasteiger partial charge in [0.15, 0.2) is 6.10 Å². The van der Waals surface area contributed by atoms with Crippen LogP contribution in [0.3, 0.4) is 0 Å². The Balaban J connectivity index is 4.48. The quantitative estimate of drug-likeness (QED) is 0.0261. The average Bonchev–Trinajstić information content (AvgIpc) is 3.47. The molecule has 0 aromatic carbocycles. The third-order valence-electron chi connectivity index (χ3n) is 13.2. The van der Waals surface area contributed by atoms with Gasteiger partial charge in [-0.1, -0.05) is 262 Å². The van der Waals surface area contributed by atoms with Gasteiger partial charge in [0.25, 0.3) is 0 Å². The lowest BCUT2D eigenvalue weighted by Crippen LogP contribution is -2.30. The Labute approximate surface area is 498 Å². The monoisotopic (exact) mass is 1110 g/mol. The van der Waals surface area contributed by atoms with Crippen LogP contribution in [-0.4, -0.2) is 37.2 Å². The number of esters is 3. The Kier molecular flexibility index (Phi) is 62.9. The second kappa shape index (κ2) is 67.3. The van der Waals surface area contributed by atoms with E-state index in [1.54, 1.807) is 0 Å². The predicted molar refractivity (Wildman–Crippen MR) is 352 cm³/mol. The van der Waals surface area contributed by atoms with Crippen molar-refractivity contribution in [3.63, 3.8) is 0 Å². The van der Waals surface area contributed by atoms with Crippen molar-refractivity contribution in [2.45, 2.75) is 271 Å². The number of carbonyl (C=O) groups excluding carboxylic acids is 3. The average molecular weight is 1120 g/mol. The molecule has 6 heteroatoms. The molecule has 0 saturated carbocycles. The van der Waals surface area contributed by atoms with Gasteiger partial charge in [0.1, 0.15) is 13.2 Å². The summed E-state index contributed by atoms with van der Waals surface area (Å²) in [7, 11) is 0. The molecule has 0 radical (unpaired) electrons. The van der Waals surface area contributed by atoms with Crippen molar-refractivity contribution in [2.24, 2.45) is 0 Å². The summed E-state index contributed by atoms with van der Waals surface area (Å²) in [4.78, 5) is 38.4. The Hall–Kier alpha value is -5.23. The van der Waals surface area contributed by atoms with Crippen LogP contribution in [0.5, 0.6) is 0 Å². The summed E-state index contributed by atoms with van der Waals surface area (Å²) < 4.78 is 16.9. The van der Waals surface area contributed by atoms with E-state index in [2.05, 4.69) is 191 Å². The fourth-order valence-electron chi connectivity index (χ4n) is 8.36. The fraction of sp³-hybridized carbons (Fsp3) is 0.587. The highest BCUT2D eigenvalue weighted by Gasteiger charge is 2.19. The predicted octanol–water partition coefficient (Wildman–Crippen LogP) is 22.7. The van der Waals surface area contributed by atoms with Gasteiger partial charge in [-0.05, 0) is 154 Å². The highest BCUT2D eigenvalue weighted by atomic mass is 16.6. The third kappa shape index (κ3) is 65.5. The maximum absolute atomic E-state index is 12.9. The van der Waals surface area contributed by atoms with E-state index < -0.39 is 6.10 Å². The molecule has 0 saturated heterocycles. The molecule has 1 atom stereocenters. The number of hydrogen-bond donors (Lipinski definition) is 0. The van der Waals surface area contributed by atoms with Gasteiger partial charge < -0.3 is 14.2 Å². The lowest BCUT2D eigenvalue weighted by molar-refractivity contribution is -0.167. The molecule has 0 fully saturated rings. The summed E-state index contributed by atoms with van der Waals surface area (Å²) >= 11 is 0. The second-order valence-corrected chi connectivity index (χ2v) is 20.9. The Bertz CT molecular complexity index is 1860. The topological polar surface area (TPSA) is 78.9 Å². The zero-order valence-corrected chi connectivity index (χ0v) is 52.0. The molecule has 0 aliphatic heterocycles. The van der Waals surface area contributed by atoms with Crippen molar-refractivity contribution in [1.82, 2.24) is 0 Å². The molecule has 454 valence electrons. The molecule has 0 aromatic heterocycles. The van der Waals surface area contributed by atoms with Crippen molar-refractivity contribution in [2.75, 3.05) is 13.2 Å². The summed E-state index contributed by atoms with van der Waals surface area (Å²) in [6.07, 6.45) is 99.2. The van der Waals surface area contributed by atoms with Crippen LogP contribution >= 0.6 is 0 Å². The van der Waals surface area contributed by atoms with Gasteiger partial charge in [0.05, 0.1) is 0 Å². The van der Waals surface area contributed by atoms with E-state index in [0.717, 1.165) is 173 Å². The molecule has 0 spiro atoms. The smallest absolute Gasteiger partial charge is 0.306 e. The summed E-state index contributed by atoms with van der Waals surface area (Å²) in [5.74, 6) is -0.969. The van der Waals surface area contributed by atoms with Gasteiger partial charge in [-0.3, -0.25) is 14.4 Å². The molecule has 0 N–H and O–H groups in total. The maximum atomic E-state index is 12.9. The lowest BCUT2D eigenvalue weighted by Gasteiger charge is -2.18. The molecule has 0 heterocycles. The maximum Gasteiger partial charge on any atom is 0.306 e. The zero-order chi connectivity index (χ0) is 58.5. The van der Waals surface area contributed by atoms with E-state index in [1.807, 2.05) is 0 Å². The molecule has 0 bridgehead atoms. The molecule has 0 aromatic rings. The molecule has 0 rings (SSSR count). The Morgan fingerprint density at radius 1 is 0.259 bits per heavy atom. The van der Waals surface area contributed by atoms with E-state index in [1.165, 1.54) is 51.4 Å². The van der Waals surface area contributed by atoms with Gasteiger partial charge in [-0.25, -0.2) is 0 Å². The van der Waals surface area contributed by atoms with Crippen LogP contribution in [0, 0.1) is 0 Å². The van der Waals surface area contributed by atoms with Gasteiger partial charge in [0, 0.05) is 19.3 Å². The van der Waals surface area contributed by atoms with Crippen molar-refractivity contribution in [3.8, 4) is 0 Å². The third-order valence-corrected chi connectivity index (χ3v) is 13.2. The van der Waals surface area contributed by atoms with Gasteiger partial charge in [-0.15, -0.1) is 0 Å². The van der Waals surface area contributed by atoms with E-state index in [0.29, 0.717) is 12.8 Å². The molecular formula is C75H118O6. The lowest BCUT2D eigenvalue weighted by atomic mass is 10.1. The second-order valence-electron chi connectivity index (χ2n) is 20.9. The minimum atomic E-state index is -0.816. The number of ether oxygens (including phenoxy) is 3. The number of hydrogen-bond acceptors (Lipinski definition) is 6. The Morgan fingerprint density at radius 3 is 0.753 bits per heavy atom. The van der Waals surface area contributed by atoms with E-state index >= 15 is 0 Å². The molecule has 0 amide bonds. The standard InChI is InChI=1S/C75H118O6/c1-4-7-10-13-16-19-22-25-28-31-32-33-34-35-36-37-38-39-40-41-42-45-47-50-53-56-59-62-65-68-74(77)80-71-72(81-75(78)69-66-63-60-57-54-51-48-44-30-27-24-21-18-15-12-9-6-3)70-79-73(76)67-64-61-58-55-52-49-46-43-29-26-23-20-17-14-11-8-5-2/h7,9-10,12,16-21,25-30,32-33,35-36,38-39,41-42,47-48,50-51,72H,4-6,8,11,13-15,22-24,31,34,37,40,43-46,49,52-71H2,1-3H3/b10-7-,12-9-,19-16-,20-17-,21-18-,28-25-,29-26-,30-27-,33-32-,36-35-,39-38-,42-41-,50-47-,51-48-. The van der Waals surface area contributed by atoms with Crippen LogP contribution in [-0.2, 0) is 28.6 Å². The van der Waals surface area contributed by atoms with Crippen LogP contribution in [0.1, 0.15) is 265 Å². The largest absolute Gasteiger partial charge is 0.462 e. The molecule has 1 unspecified atom stereocenters. The highest BCUT2D eigenvalue weighted by molar-refractivity contribution is 5.71. The first-order chi connectivity index (χ1) is 40.0. The first kappa shape index (κ1) is 75.8. The fourth-order valence-corrected chi connectivity index (χ4v) is 8.36. The van der Waals surface area contributed by atoms with Crippen molar-refractivity contribution in [3.05, 3.63) is 170 Å². The summed E-state index contributed by atoms with van der Waals surface area (Å²) in [5.41, 5.74) is 0. The van der Waals surface area contributed by atoms with E-state index in [4.69, 9.17) is 14.2 Å². The van der Waals surface area contributed by atoms with Crippen molar-refractivity contribution >= 4 is 17.9 Å². The van der Waals surface area contributed by atoms with Crippen LogP contribution in [0.2, 0.25) is 0 Å². The molecular weight excluding hydrogens is 997 g/mol. The molecule has 81 heavy (non-hydrogen) atoms. The SMILES string of the molecule is CC/C=C\C/C=C\C/C=C\C/C=C\C/C=C\C/C=C\C/C=C\C/C=C\CCCCCCC(=O)OCC(COC(=O)CCCCCCCCC/C=C\C/C=C\CCCCC)OC(=O)CCCCCC/C=C\C/C=C\C/C=C\C/C=C\CC. The molecule has 0 aliphatic carbocycles. The number of allylic oxidation sites excluding steroid dienone is 28. The summed E-state index contributed by atoms with van der Waals surface area (Å²) in [6, 6.07) is 0. The van der Waals surface area contributed by atoms with Gasteiger partial charge in [-0.2, -0.15) is 0 Å². The highest BCUT2D eigenvalue weighted by Crippen LogP contribution is 2.14. The minimum Gasteiger partial charge on any atom is -0.462 e. The van der Waals surface area contributed by atoms with Crippen molar-refractivity contribution < 1.29 is 28.6 Å². The normalized spacial score (nSPS) is 13.3. The number of unbranched alkanes of at least 4 members (excludes halogenated alkanes) is 18. The van der Waals surface area contributed by atoms with Crippen LogP contribution in [0.4, 0.5) is 0 Å². The van der Waals surface area contributed by atoms with E-state index in [9.17, 15) is 14.4 Å². The molecule has 6 nitrogen and oxygen atoms in total. The number of rotatable bonds is 57. The van der Waals surface area contributed by atoms with E-state index in [-0.39, 0.29) is 37.5 Å². The van der Waals surface area contributed by atoms with Gasteiger partial charge in [0.2, 0.25) is 0 Å². The first-order valence-electron chi connectivity index (χ1n) is 32.6. The van der Waals surface area contributed by atoms with Crippen LogP contribution in [0.15, 0.2) is 170 Å². The van der Waals surface area contributed by atoms with Gasteiger partial charge >= 0.3 is 17.9 Å². The minimum absolute atomic E-state index is 0.108. The van der Waals surface area contributed by atoms with Crippen molar-refractivity contribution in [1.29, 1.82) is 0 Å².